The second kappa shape index (κ2) is 10.1. The number of fused-ring (bicyclic) bond motifs is 1. The van der Waals surface area contributed by atoms with Crippen molar-refractivity contribution >= 4 is 0 Å². The van der Waals surface area contributed by atoms with Crippen LogP contribution in [0.4, 0.5) is 8.78 Å². The molecule has 4 fully saturated rings. The maximum absolute atomic E-state index is 13.4. The maximum Gasteiger partial charge on any atom is 0.268 e. The average Bonchev–Trinajstić information content (AvgIpc) is 3.13. The van der Waals surface area contributed by atoms with Crippen molar-refractivity contribution in [1.29, 1.82) is 0 Å². The Labute approximate surface area is 203 Å². The van der Waals surface area contributed by atoms with Crippen molar-refractivity contribution in [2.45, 2.75) is 95.9 Å². The van der Waals surface area contributed by atoms with Crippen molar-refractivity contribution in [2.24, 2.45) is 23.2 Å². The summed E-state index contributed by atoms with van der Waals surface area (Å²) in [6, 6.07) is 0. The molecule has 0 aromatic carbocycles. The molecule has 4 nitrogen and oxygen atoms in total. The average molecular weight is 480 g/mol. The molecule has 1 heterocycles. The summed E-state index contributed by atoms with van der Waals surface area (Å²) < 4.78 is 26.8. The summed E-state index contributed by atoms with van der Waals surface area (Å²) in [6.07, 6.45) is 7.84. The van der Waals surface area contributed by atoms with E-state index < -0.39 is 24.2 Å². The summed E-state index contributed by atoms with van der Waals surface area (Å²) in [4.78, 5) is 2.06. The topological polar surface area (TPSA) is 63.9 Å². The van der Waals surface area contributed by atoms with Gasteiger partial charge in [0, 0.05) is 19.5 Å². The molecule has 0 aromatic heterocycles. The molecule has 0 aromatic rings. The monoisotopic (exact) mass is 479 g/mol. The maximum atomic E-state index is 13.4. The summed E-state index contributed by atoms with van der Waals surface area (Å²) in [5.74, 6) is 1.43. The molecule has 1 unspecified atom stereocenters. The third kappa shape index (κ3) is 5.07. The minimum absolute atomic E-state index is 0.0716. The van der Waals surface area contributed by atoms with Gasteiger partial charge >= 0.3 is 0 Å². The molecule has 1 aliphatic heterocycles. The Bertz CT molecular complexity index is 826. The lowest BCUT2D eigenvalue weighted by Gasteiger charge is -2.46. The normalized spacial score (nSPS) is 43.0. The molecule has 3 aliphatic carbocycles. The largest absolute Gasteiger partial charge is 0.393 e. The van der Waals surface area contributed by atoms with Crippen molar-refractivity contribution in [3.8, 4) is 0 Å². The van der Waals surface area contributed by atoms with Crippen LogP contribution in [0.3, 0.4) is 0 Å². The molecule has 3 saturated carbocycles. The van der Waals surface area contributed by atoms with Gasteiger partial charge in [-0.05, 0) is 92.2 Å². The second-order valence-electron chi connectivity index (χ2n) is 11.9. The van der Waals surface area contributed by atoms with Crippen LogP contribution >= 0.6 is 0 Å². The first-order valence-corrected chi connectivity index (χ1v) is 13.2. The number of aliphatic hydroxyl groups excluding tert-OH is 2. The van der Waals surface area contributed by atoms with E-state index in [2.05, 4.69) is 37.5 Å². The predicted molar refractivity (Wildman–Crippen MR) is 131 cm³/mol. The summed E-state index contributed by atoms with van der Waals surface area (Å²) in [5, 5.41) is 30.6. The van der Waals surface area contributed by atoms with Crippen LogP contribution < -0.4 is 0 Å². The SMILES string of the molecule is C=C1/C(=C\C=C2/CCC[C@]3(C)[C@@H]([C@H](C)CN4CCCC(O)(C(F)F)C4)CC[C@@H]23)C[C@@H](O)C[C@@H]1O. The number of alkyl halides is 2. The van der Waals surface area contributed by atoms with Gasteiger partial charge in [-0.3, -0.25) is 4.90 Å². The van der Waals surface area contributed by atoms with E-state index in [4.69, 9.17) is 0 Å². The second-order valence-corrected chi connectivity index (χ2v) is 11.9. The van der Waals surface area contributed by atoms with Gasteiger partial charge < -0.3 is 15.3 Å². The van der Waals surface area contributed by atoms with E-state index in [1.807, 2.05) is 0 Å². The van der Waals surface area contributed by atoms with Gasteiger partial charge in [-0.15, -0.1) is 0 Å². The Balaban J connectivity index is 1.45. The van der Waals surface area contributed by atoms with E-state index in [9.17, 15) is 24.1 Å². The van der Waals surface area contributed by atoms with Gasteiger partial charge in [0.2, 0.25) is 0 Å². The number of likely N-dealkylation sites (tertiary alicyclic amines) is 1. The summed E-state index contributed by atoms with van der Waals surface area (Å²) >= 11 is 0. The smallest absolute Gasteiger partial charge is 0.268 e. The fourth-order valence-corrected chi connectivity index (χ4v) is 7.70. The highest BCUT2D eigenvalue weighted by Crippen LogP contribution is 2.59. The molecule has 6 heteroatoms. The zero-order valence-electron chi connectivity index (χ0n) is 20.9. The highest BCUT2D eigenvalue weighted by molar-refractivity contribution is 5.38. The zero-order chi connectivity index (χ0) is 24.7. The first kappa shape index (κ1) is 26.0. The van der Waals surface area contributed by atoms with Crippen LogP contribution in [0.15, 0.2) is 35.5 Å². The summed E-state index contributed by atoms with van der Waals surface area (Å²) in [5.41, 5.74) is 1.47. The van der Waals surface area contributed by atoms with E-state index in [1.54, 1.807) is 0 Å². The van der Waals surface area contributed by atoms with Crippen LogP contribution in [0.25, 0.3) is 0 Å². The van der Waals surface area contributed by atoms with Gasteiger partial charge in [-0.25, -0.2) is 8.78 Å². The molecule has 0 spiro atoms. The summed E-state index contributed by atoms with van der Waals surface area (Å²) in [6.45, 7) is 10.3. The van der Waals surface area contributed by atoms with Gasteiger partial charge in [-0.1, -0.05) is 38.2 Å². The van der Waals surface area contributed by atoms with E-state index >= 15 is 0 Å². The van der Waals surface area contributed by atoms with Crippen LogP contribution in [-0.2, 0) is 0 Å². The van der Waals surface area contributed by atoms with Crippen LogP contribution in [0.2, 0.25) is 0 Å². The molecular formula is C28H43F2NO3. The fraction of sp³-hybridized carbons (Fsp3) is 0.786. The van der Waals surface area contributed by atoms with Crippen LogP contribution in [0.1, 0.15) is 71.6 Å². The van der Waals surface area contributed by atoms with E-state index in [-0.39, 0.29) is 18.4 Å². The van der Waals surface area contributed by atoms with Gasteiger partial charge in [0.05, 0.1) is 12.2 Å². The molecule has 0 bridgehead atoms. The van der Waals surface area contributed by atoms with E-state index in [0.29, 0.717) is 37.0 Å². The molecule has 4 rings (SSSR count). The molecular weight excluding hydrogens is 436 g/mol. The number of hydrogen-bond donors (Lipinski definition) is 3. The zero-order valence-corrected chi connectivity index (χ0v) is 20.9. The Morgan fingerprint density at radius 3 is 2.68 bits per heavy atom. The Morgan fingerprint density at radius 1 is 1.18 bits per heavy atom. The first-order chi connectivity index (χ1) is 16.0. The van der Waals surface area contributed by atoms with Crippen LogP contribution in [0.5, 0.6) is 0 Å². The molecule has 0 radical (unpaired) electrons. The number of piperidine rings is 1. The molecule has 1 saturated heterocycles. The van der Waals surface area contributed by atoms with Crippen molar-refractivity contribution < 1.29 is 24.1 Å². The number of nitrogens with zero attached hydrogens (tertiary/aromatic N) is 1. The lowest BCUT2D eigenvalue weighted by molar-refractivity contribution is -0.133. The van der Waals surface area contributed by atoms with Crippen molar-refractivity contribution in [1.82, 2.24) is 4.90 Å². The van der Waals surface area contributed by atoms with Crippen molar-refractivity contribution in [3.63, 3.8) is 0 Å². The number of rotatable bonds is 5. The Kier molecular flexibility index (Phi) is 7.74. The van der Waals surface area contributed by atoms with E-state index in [1.165, 1.54) is 12.0 Å². The molecule has 7 atom stereocenters. The highest BCUT2D eigenvalue weighted by Gasteiger charge is 2.51. The number of β-amino-alcohol motifs (C(OH)–C–C–N with tert-alkyl or cyclic N) is 1. The van der Waals surface area contributed by atoms with Gasteiger partial charge in [0.15, 0.2) is 0 Å². The predicted octanol–water partition coefficient (Wildman–Crippen LogP) is 4.86. The Hall–Kier alpha value is -1.08. The van der Waals surface area contributed by atoms with E-state index in [0.717, 1.165) is 49.9 Å². The fourth-order valence-electron chi connectivity index (χ4n) is 7.70. The van der Waals surface area contributed by atoms with Crippen LogP contribution in [0, 0.1) is 23.2 Å². The number of halogens is 2. The quantitative estimate of drug-likeness (QED) is 0.527. The molecule has 34 heavy (non-hydrogen) atoms. The number of aliphatic hydroxyl groups is 3. The first-order valence-electron chi connectivity index (χ1n) is 13.2. The minimum Gasteiger partial charge on any atom is -0.393 e. The highest BCUT2D eigenvalue weighted by atomic mass is 19.3. The third-order valence-electron chi connectivity index (χ3n) is 9.52. The molecule has 0 amide bonds. The van der Waals surface area contributed by atoms with Crippen LogP contribution in [-0.4, -0.2) is 64.1 Å². The lowest BCUT2D eigenvalue weighted by Crippen LogP contribution is -2.54. The molecule has 192 valence electrons. The van der Waals surface area contributed by atoms with Crippen molar-refractivity contribution in [2.75, 3.05) is 19.6 Å². The molecule has 4 aliphatic rings. The third-order valence-corrected chi connectivity index (χ3v) is 9.52. The Morgan fingerprint density at radius 2 is 1.94 bits per heavy atom. The van der Waals surface area contributed by atoms with Gasteiger partial charge in [0.1, 0.15) is 5.60 Å². The van der Waals surface area contributed by atoms with Crippen molar-refractivity contribution in [3.05, 3.63) is 35.5 Å². The standard InChI is InChI=1S/C28H43F2NO3/c1-18(16-31-13-5-12-28(34,17-31)26(29)30)23-9-10-24-20(6-4-11-27(23,24)3)7-8-21-14-22(32)15-25(33)19(21)2/h7-8,18,22-26,32-34H,2,4-6,9-17H2,1,3H3/b20-7+,21-8-/t18-,22-,23-,24+,25+,27-,28?/m1/s1. The van der Waals surface area contributed by atoms with Gasteiger partial charge in [0.25, 0.3) is 6.43 Å². The van der Waals surface area contributed by atoms with Gasteiger partial charge in [-0.2, -0.15) is 0 Å². The molecule has 3 N–H and O–H groups in total. The number of hydrogen-bond acceptors (Lipinski definition) is 4. The number of allylic oxidation sites excluding steroid dienone is 3. The minimum atomic E-state index is -2.69. The lowest BCUT2D eigenvalue weighted by atomic mass is 9.61. The summed E-state index contributed by atoms with van der Waals surface area (Å²) in [7, 11) is 0.